The number of nitrogens with one attached hydrogen (secondary N) is 1. The van der Waals surface area contributed by atoms with Gasteiger partial charge in [0.2, 0.25) is 12.1 Å². The summed E-state index contributed by atoms with van der Waals surface area (Å²) in [5, 5.41) is 4.21. The van der Waals surface area contributed by atoms with Gasteiger partial charge >= 0.3 is 5.97 Å². The summed E-state index contributed by atoms with van der Waals surface area (Å²) < 4.78 is 10.6. The Morgan fingerprint density at radius 3 is 2.30 bits per heavy atom. The van der Waals surface area contributed by atoms with Crippen molar-refractivity contribution in [2.75, 3.05) is 26.9 Å². The van der Waals surface area contributed by atoms with Crippen LogP contribution in [0, 0.1) is 0 Å². The number of esters is 1. The number of nitrogen functional groups attached to an aromatic ring is 1. The van der Waals surface area contributed by atoms with E-state index in [2.05, 4.69) is 20.5 Å². The van der Waals surface area contributed by atoms with E-state index in [-0.39, 0.29) is 11.7 Å². The molecule has 0 bridgehead atoms. The van der Waals surface area contributed by atoms with Crippen LogP contribution in [0.25, 0.3) is 11.3 Å². The van der Waals surface area contributed by atoms with Gasteiger partial charge in [-0.1, -0.05) is 12.1 Å². The third-order valence-electron chi connectivity index (χ3n) is 4.98. The SMILES string of the molecule is COC(=O)c1ccc(C2=NNC(c3nc(-c4ccc(C(=O)N(C)C)cc4)cnc3N)O2)cc1. The highest BCUT2D eigenvalue weighted by Gasteiger charge is 2.27. The number of aromatic nitrogens is 2. The van der Waals surface area contributed by atoms with Crippen LogP contribution < -0.4 is 11.2 Å². The maximum Gasteiger partial charge on any atom is 0.337 e. The molecule has 1 unspecified atom stereocenters. The molecule has 0 saturated heterocycles. The molecule has 4 rings (SSSR count). The molecule has 3 aromatic rings. The highest BCUT2D eigenvalue weighted by molar-refractivity contribution is 5.97. The van der Waals surface area contributed by atoms with Crippen LogP contribution in [0.2, 0.25) is 0 Å². The van der Waals surface area contributed by atoms with E-state index in [0.717, 1.165) is 5.56 Å². The van der Waals surface area contributed by atoms with Crippen LogP contribution in [0.4, 0.5) is 5.82 Å². The Bertz CT molecular complexity index is 1220. The van der Waals surface area contributed by atoms with Crippen LogP contribution in [0.1, 0.15) is 38.2 Å². The van der Waals surface area contributed by atoms with Crippen LogP contribution in [0.5, 0.6) is 0 Å². The van der Waals surface area contributed by atoms with Crippen LogP contribution in [-0.2, 0) is 9.47 Å². The molecule has 3 N–H and O–H groups in total. The van der Waals surface area contributed by atoms with Gasteiger partial charge in [-0.3, -0.25) is 10.2 Å². The smallest absolute Gasteiger partial charge is 0.337 e. The summed E-state index contributed by atoms with van der Waals surface area (Å²) in [4.78, 5) is 34.1. The fraction of sp³-hybridized carbons (Fsp3) is 0.174. The Morgan fingerprint density at radius 1 is 1.03 bits per heavy atom. The van der Waals surface area contributed by atoms with E-state index in [1.165, 1.54) is 12.0 Å². The van der Waals surface area contributed by atoms with Crippen molar-refractivity contribution in [3.63, 3.8) is 0 Å². The van der Waals surface area contributed by atoms with E-state index in [0.29, 0.717) is 34.0 Å². The first-order valence-corrected chi connectivity index (χ1v) is 10.0. The van der Waals surface area contributed by atoms with Crippen LogP contribution in [-0.4, -0.2) is 53.8 Å². The standard InChI is InChI=1S/C23H22N6O4/c1-29(2)22(30)15-8-4-13(5-9-15)17-12-25-19(24)18(26-17)21-28-27-20(33-21)14-6-10-16(11-7-14)23(31)32-3/h4-12,21,28H,1-3H3,(H2,24,25). The van der Waals surface area contributed by atoms with Crippen molar-refractivity contribution in [2.45, 2.75) is 6.23 Å². The quantitative estimate of drug-likeness (QED) is 0.570. The third-order valence-corrected chi connectivity index (χ3v) is 4.98. The predicted molar refractivity (Wildman–Crippen MR) is 121 cm³/mol. The van der Waals surface area contributed by atoms with Gasteiger partial charge < -0.3 is 20.1 Å². The Hall–Kier alpha value is -4.47. The highest BCUT2D eigenvalue weighted by atomic mass is 16.5. The van der Waals surface area contributed by atoms with Gasteiger partial charge in [0.05, 0.1) is 24.6 Å². The number of hydrazone groups is 1. The first-order chi connectivity index (χ1) is 15.9. The molecule has 1 aliphatic rings. The van der Waals surface area contributed by atoms with E-state index in [9.17, 15) is 9.59 Å². The number of carbonyl (C=O) groups is 2. The summed E-state index contributed by atoms with van der Waals surface area (Å²) in [6, 6.07) is 13.7. The molecule has 0 fully saturated rings. The average molecular weight is 446 g/mol. The number of nitrogens with zero attached hydrogens (tertiary/aromatic N) is 4. The van der Waals surface area contributed by atoms with Crippen LogP contribution >= 0.6 is 0 Å². The molecule has 1 amide bonds. The van der Waals surface area contributed by atoms with Gasteiger partial charge in [0.25, 0.3) is 5.91 Å². The van der Waals surface area contributed by atoms with Crippen molar-refractivity contribution in [3.05, 3.63) is 77.1 Å². The second kappa shape index (κ2) is 8.95. The zero-order valence-electron chi connectivity index (χ0n) is 18.3. The molecule has 0 aliphatic carbocycles. The first-order valence-electron chi connectivity index (χ1n) is 10.0. The topological polar surface area (TPSA) is 132 Å². The Kier molecular flexibility index (Phi) is 5.90. The molecule has 2 aromatic carbocycles. The van der Waals surface area contributed by atoms with Crippen molar-refractivity contribution in [1.82, 2.24) is 20.3 Å². The molecule has 0 spiro atoms. The lowest BCUT2D eigenvalue weighted by Gasteiger charge is -2.14. The molecule has 0 radical (unpaired) electrons. The minimum absolute atomic E-state index is 0.0847. The number of carbonyl (C=O) groups excluding carboxylic acids is 2. The largest absolute Gasteiger partial charge is 0.465 e. The lowest BCUT2D eigenvalue weighted by atomic mass is 10.1. The molecule has 33 heavy (non-hydrogen) atoms. The summed E-state index contributed by atoms with van der Waals surface area (Å²) in [5.74, 6) is 0.0204. The molecular formula is C23H22N6O4. The van der Waals surface area contributed by atoms with Crippen LogP contribution in [0.3, 0.4) is 0 Å². The molecule has 10 heteroatoms. The first kappa shape index (κ1) is 21.8. The predicted octanol–water partition coefficient (Wildman–Crippen LogP) is 2.19. The molecular weight excluding hydrogens is 424 g/mol. The summed E-state index contributed by atoms with van der Waals surface area (Å²) in [7, 11) is 4.73. The molecule has 1 aliphatic heterocycles. The second-order valence-electron chi connectivity index (χ2n) is 7.42. The number of amides is 1. The Balaban J connectivity index is 1.52. The fourth-order valence-electron chi connectivity index (χ4n) is 3.18. The van der Waals surface area contributed by atoms with E-state index >= 15 is 0 Å². The highest BCUT2D eigenvalue weighted by Crippen LogP contribution is 2.27. The van der Waals surface area contributed by atoms with E-state index in [1.807, 2.05) is 0 Å². The van der Waals surface area contributed by atoms with Gasteiger partial charge in [0.1, 0.15) is 5.69 Å². The minimum atomic E-state index is -0.734. The van der Waals surface area contributed by atoms with Gasteiger partial charge in [0, 0.05) is 30.8 Å². The second-order valence-corrected chi connectivity index (χ2v) is 7.42. The number of ether oxygens (including phenoxy) is 2. The Morgan fingerprint density at radius 2 is 1.67 bits per heavy atom. The number of rotatable bonds is 5. The lowest BCUT2D eigenvalue weighted by molar-refractivity contribution is 0.0600. The third kappa shape index (κ3) is 4.45. The average Bonchev–Trinajstić information content (AvgIpc) is 3.33. The van der Waals surface area contributed by atoms with E-state index < -0.39 is 12.2 Å². The summed E-state index contributed by atoms with van der Waals surface area (Å²) in [5.41, 5.74) is 12.3. The summed E-state index contributed by atoms with van der Waals surface area (Å²) in [6.45, 7) is 0. The molecule has 1 atom stereocenters. The summed E-state index contributed by atoms with van der Waals surface area (Å²) >= 11 is 0. The zero-order valence-corrected chi connectivity index (χ0v) is 18.3. The summed E-state index contributed by atoms with van der Waals surface area (Å²) in [6.07, 6.45) is 0.825. The number of methoxy groups -OCH3 is 1. The molecule has 10 nitrogen and oxygen atoms in total. The monoisotopic (exact) mass is 446 g/mol. The molecule has 1 aromatic heterocycles. The van der Waals surface area contributed by atoms with Gasteiger partial charge in [-0.05, 0) is 36.4 Å². The van der Waals surface area contributed by atoms with Crippen molar-refractivity contribution in [2.24, 2.45) is 5.10 Å². The minimum Gasteiger partial charge on any atom is -0.465 e. The Labute approximate surface area is 190 Å². The molecule has 168 valence electrons. The van der Waals surface area contributed by atoms with Crippen molar-refractivity contribution in [3.8, 4) is 11.3 Å². The maximum atomic E-state index is 12.1. The van der Waals surface area contributed by atoms with Crippen molar-refractivity contribution < 1.29 is 19.1 Å². The van der Waals surface area contributed by atoms with Crippen LogP contribution in [0.15, 0.2) is 59.8 Å². The van der Waals surface area contributed by atoms with Gasteiger partial charge in [-0.25, -0.2) is 14.8 Å². The number of nitrogens with two attached hydrogens (primary N) is 1. The van der Waals surface area contributed by atoms with Crippen molar-refractivity contribution in [1.29, 1.82) is 0 Å². The van der Waals surface area contributed by atoms with E-state index in [1.54, 1.807) is 68.8 Å². The number of hydrogen-bond acceptors (Lipinski definition) is 9. The number of hydrogen-bond donors (Lipinski definition) is 2. The van der Waals surface area contributed by atoms with Gasteiger partial charge in [-0.2, -0.15) is 0 Å². The molecule has 0 saturated carbocycles. The van der Waals surface area contributed by atoms with Gasteiger partial charge in [0.15, 0.2) is 5.82 Å². The van der Waals surface area contributed by atoms with E-state index in [4.69, 9.17) is 15.2 Å². The fourth-order valence-corrected chi connectivity index (χ4v) is 3.18. The van der Waals surface area contributed by atoms with Crippen molar-refractivity contribution >= 4 is 23.6 Å². The zero-order chi connectivity index (χ0) is 23.5. The molecule has 2 heterocycles. The number of benzene rings is 2. The lowest BCUT2D eigenvalue weighted by Crippen LogP contribution is -2.21. The maximum absolute atomic E-state index is 12.1. The normalized spacial score (nSPS) is 14.6. The van der Waals surface area contributed by atoms with Gasteiger partial charge in [-0.15, -0.1) is 5.10 Å². The number of anilines is 1.